The van der Waals surface area contributed by atoms with Gasteiger partial charge in [0.15, 0.2) is 23.1 Å². The Morgan fingerprint density at radius 1 is 0.537 bits per heavy atom. The fourth-order valence-electron chi connectivity index (χ4n) is 12.3. The predicted molar refractivity (Wildman–Crippen MR) is 304 cm³/mol. The maximum Gasteiger partial charge on any atom is 0.200 e. The lowest BCUT2D eigenvalue weighted by molar-refractivity contribution is 0.0546. The normalized spacial score (nSPS) is 15.6. The fourth-order valence-corrected chi connectivity index (χ4v) is 12.3. The summed E-state index contributed by atoms with van der Waals surface area (Å²) >= 11 is 0. The van der Waals surface area contributed by atoms with Crippen molar-refractivity contribution in [3.63, 3.8) is 0 Å². The van der Waals surface area contributed by atoms with Gasteiger partial charge in [-0.05, 0) is 127 Å². The lowest BCUT2D eigenvalue weighted by Gasteiger charge is -2.33. The molecular weight excluding hydrogens is 1060 g/mol. The van der Waals surface area contributed by atoms with Crippen molar-refractivity contribution >= 4 is 43.9 Å². The second kappa shape index (κ2) is 21.8. The molecule has 2 saturated heterocycles. The highest BCUT2D eigenvalue weighted by atomic mass is 19.2. The van der Waals surface area contributed by atoms with E-state index in [2.05, 4.69) is 29.8 Å². The molecule has 82 heavy (non-hydrogen) atoms. The van der Waals surface area contributed by atoms with Gasteiger partial charge in [0.05, 0.1) is 93.4 Å². The smallest absolute Gasteiger partial charge is 0.200 e. The molecule has 10 aromatic rings. The van der Waals surface area contributed by atoms with Gasteiger partial charge in [-0.1, -0.05) is 46.8 Å². The maximum absolute atomic E-state index is 15.9. The minimum atomic E-state index is -1.11. The van der Waals surface area contributed by atoms with Crippen LogP contribution in [0.4, 0.5) is 17.6 Å². The number of pyridine rings is 2. The predicted octanol–water partition coefficient (Wildman–Crippen LogP) is 11.6. The quantitative estimate of drug-likeness (QED) is 0.111. The number of halogens is 4. The van der Waals surface area contributed by atoms with Gasteiger partial charge in [-0.3, -0.25) is 9.97 Å². The molecule has 2 atom stereocenters. The average molecular weight is 1120 g/mol. The van der Waals surface area contributed by atoms with Gasteiger partial charge in [0, 0.05) is 85.9 Å². The summed E-state index contributed by atoms with van der Waals surface area (Å²) in [6.07, 6.45) is 6.26. The molecule has 428 valence electrons. The van der Waals surface area contributed by atoms with Crippen molar-refractivity contribution in [3.05, 3.63) is 142 Å². The molecule has 2 N–H and O–H groups in total. The number of fused-ring (bicyclic) bond motifs is 6. The maximum atomic E-state index is 15.9. The Kier molecular flexibility index (Phi) is 14.9. The number of hydrogen-bond acceptors (Lipinski definition) is 12. The van der Waals surface area contributed by atoms with Crippen molar-refractivity contribution in [1.82, 2.24) is 49.1 Å². The van der Waals surface area contributed by atoms with Gasteiger partial charge >= 0.3 is 0 Å². The summed E-state index contributed by atoms with van der Waals surface area (Å²) in [6, 6.07) is 20.5. The van der Waals surface area contributed by atoms with Gasteiger partial charge in [-0.15, -0.1) is 10.2 Å². The van der Waals surface area contributed by atoms with E-state index in [4.69, 9.17) is 28.9 Å². The van der Waals surface area contributed by atoms with Crippen LogP contribution >= 0.6 is 0 Å². The molecule has 0 amide bonds. The first-order chi connectivity index (χ1) is 39.2. The van der Waals surface area contributed by atoms with Crippen LogP contribution in [-0.4, -0.2) is 100.0 Å². The van der Waals surface area contributed by atoms with E-state index >= 15 is 17.6 Å². The van der Waals surface area contributed by atoms with E-state index in [0.29, 0.717) is 63.2 Å². The summed E-state index contributed by atoms with van der Waals surface area (Å²) in [4.78, 5) is 9.77. The minimum absolute atomic E-state index is 0.0561. The molecule has 0 saturated carbocycles. The van der Waals surface area contributed by atoms with Gasteiger partial charge in [0.2, 0.25) is 11.6 Å². The van der Waals surface area contributed by atoms with Crippen LogP contribution in [0.25, 0.3) is 66.4 Å². The van der Waals surface area contributed by atoms with Crippen LogP contribution in [0.5, 0.6) is 11.5 Å². The Morgan fingerprint density at radius 3 is 1.24 bits per heavy atom. The van der Waals surface area contributed by atoms with E-state index in [-0.39, 0.29) is 34.5 Å². The summed E-state index contributed by atoms with van der Waals surface area (Å²) in [5, 5.41) is 40.2. The van der Waals surface area contributed by atoms with Crippen molar-refractivity contribution in [2.45, 2.75) is 90.5 Å². The molecule has 0 spiro atoms. The third-order valence-corrected chi connectivity index (χ3v) is 16.4. The molecule has 16 nitrogen and oxygen atoms in total. The van der Waals surface area contributed by atoms with Crippen molar-refractivity contribution in [2.75, 3.05) is 40.6 Å². The van der Waals surface area contributed by atoms with E-state index in [1.165, 1.54) is 26.4 Å². The molecule has 2 aliphatic heterocycles. The van der Waals surface area contributed by atoms with Crippen LogP contribution in [-0.2, 0) is 34.8 Å². The summed E-state index contributed by atoms with van der Waals surface area (Å²) in [5.41, 5.74) is 8.92. The van der Waals surface area contributed by atoms with Gasteiger partial charge in [-0.25, -0.2) is 18.1 Å². The fraction of sp³-hybridized carbons (Fsp3) is 0.387. The second-order valence-electron chi connectivity index (χ2n) is 22.6. The van der Waals surface area contributed by atoms with Crippen LogP contribution in [0.1, 0.15) is 99.1 Å². The van der Waals surface area contributed by atoms with Gasteiger partial charge in [0.25, 0.3) is 0 Å². The van der Waals surface area contributed by atoms with Crippen molar-refractivity contribution in [2.24, 2.45) is 25.9 Å². The molecule has 2 aliphatic rings. The highest BCUT2D eigenvalue weighted by Gasteiger charge is 2.37. The largest absolute Gasteiger partial charge is 0.494 e. The molecule has 0 aliphatic carbocycles. The number of aryl methyl sites for hydroxylation is 4. The molecule has 0 radical (unpaired) electrons. The van der Waals surface area contributed by atoms with E-state index in [0.717, 1.165) is 77.8 Å². The lowest BCUT2D eigenvalue weighted by Crippen LogP contribution is -2.28. The molecule has 20 heteroatoms. The standard InChI is InChI=1S/2C31H33F2N5O3/c2*1-17-29(37(4)36-35-17)19-14-24-28(34-16-19)21-7-6-20(31(2,3)39)15-23(21)38(24)30(18-10-12-41-13-11-18)22-8-9-25(40-5)27(33)26(22)32/h2*6-9,14-16,18,30,39H,10-13H2,1-5H3. The van der Waals surface area contributed by atoms with E-state index in [9.17, 15) is 10.2 Å². The van der Waals surface area contributed by atoms with Crippen LogP contribution in [0, 0.1) is 49.0 Å². The number of rotatable bonds is 12. The zero-order valence-electron chi connectivity index (χ0n) is 47.6. The molecule has 0 bridgehead atoms. The number of aromatic nitrogens is 10. The average Bonchev–Trinajstić information content (AvgIpc) is 4.40. The van der Waals surface area contributed by atoms with E-state index in [1.807, 2.05) is 76.5 Å². The zero-order chi connectivity index (χ0) is 58.1. The number of aliphatic hydroxyl groups is 2. The summed E-state index contributed by atoms with van der Waals surface area (Å²) in [5.74, 6) is -4.32. The van der Waals surface area contributed by atoms with Crippen LogP contribution in [0.3, 0.4) is 0 Å². The Labute approximate surface area is 471 Å². The highest BCUT2D eigenvalue weighted by Crippen LogP contribution is 2.46. The Morgan fingerprint density at radius 2 is 0.915 bits per heavy atom. The summed E-state index contributed by atoms with van der Waals surface area (Å²) in [6.45, 7) is 12.8. The molecule has 2 fully saturated rings. The van der Waals surface area contributed by atoms with Gasteiger partial charge in [-0.2, -0.15) is 8.78 Å². The van der Waals surface area contributed by atoms with Crippen LogP contribution < -0.4 is 9.47 Å². The van der Waals surface area contributed by atoms with Crippen molar-refractivity contribution in [1.29, 1.82) is 0 Å². The minimum Gasteiger partial charge on any atom is -0.494 e. The number of nitrogens with zero attached hydrogens (tertiary/aromatic N) is 10. The number of ether oxygens (including phenoxy) is 4. The number of benzene rings is 4. The Hall–Kier alpha value is -7.78. The van der Waals surface area contributed by atoms with Gasteiger partial charge < -0.3 is 38.3 Å². The summed E-state index contributed by atoms with van der Waals surface area (Å²) < 4.78 is 91.4. The first-order valence-corrected chi connectivity index (χ1v) is 27.5. The third-order valence-electron chi connectivity index (χ3n) is 16.4. The Bertz CT molecular complexity index is 3750. The zero-order valence-corrected chi connectivity index (χ0v) is 47.6. The van der Waals surface area contributed by atoms with Crippen LogP contribution in [0.2, 0.25) is 0 Å². The SMILES string of the molecule is COc1ccc(C(C2CCOCC2)n2c3cc(C(C)(C)O)ccc3c3ncc(-c4c(C)nnn4C)cc32)c(F)c1F.COc1ccc(C(C2CCOCC2)n2c3cc(C(C)(C)O)ccc3c3ncc(-c4c(C)nnn4C)cc32)c(F)c1F. The molecule has 6 aromatic heterocycles. The second-order valence-corrected chi connectivity index (χ2v) is 22.6. The molecular formula is C62H66F4N10O6. The first kappa shape index (κ1) is 56.1. The lowest BCUT2D eigenvalue weighted by atomic mass is 9.86. The molecule has 12 rings (SSSR count). The third kappa shape index (κ3) is 9.91. The molecule has 8 heterocycles. The number of hydrogen-bond donors (Lipinski definition) is 2. The Balaban J connectivity index is 0.000000172. The van der Waals surface area contributed by atoms with Gasteiger partial charge in [0.1, 0.15) is 0 Å². The van der Waals surface area contributed by atoms with E-state index < -0.39 is 46.6 Å². The number of methoxy groups -OCH3 is 2. The molecule has 2 unspecified atom stereocenters. The van der Waals surface area contributed by atoms with E-state index in [1.54, 1.807) is 61.6 Å². The topological polar surface area (TPSA) is 174 Å². The first-order valence-electron chi connectivity index (χ1n) is 27.5. The van der Waals surface area contributed by atoms with Crippen molar-refractivity contribution in [3.8, 4) is 34.0 Å². The van der Waals surface area contributed by atoms with Crippen LogP contribution in [0.15, 0.2) is 85.2 Å². The monoisotopic (exact) mass is 1120 g/mol. The van der Waals surface area contributed by atoms with Crippen molar-refractivity contribution < 1.29 is 46.7 Å². The highest BCUT2D eigenvalue weighted by molar-refractivity contribution is 6.08. The summed E-state index contributed by atoms with van der Waals surface area (Å²) in [7, 11) is 6.29. The molecule has 4 aromatic carbocycles.